The zero-order valence-electron chi connectivity index (χ0n) is 8.61. The van der Waals surface area contributed by atoms with E-state index < -0.39 is 27.0 Å². The quantitative estimate of drug-likeness (QED) is 0.813. The van der Waals surface area contributed by atoms with Gasteiger partial charge in [-0.3, -0.25) is 0 Å². The van der Waals surface area contributed by atoms with Gasteiger partial charge in [0.05, 0.1) is 0 Å². The zero-order chi connectivity index (χ0) is 12.6. The maximum Gasteiger partial charge on any atom is 0.453 e. The molecule has 0 saturated heterocycles. The van der Waals surface area contributed by atoms with Crippen LogP contribution in [-0.2, 0) is 22.6 Å². The van der Waals surface area contributed by atoms with Gasteiger partial charge in [0.15, 0.2) is 0 Å². The molecule has 92 valence electrons. The number of halogens is 3. The molecule has 0 spiro atoms. The minimum absolute atomic E-state index is 0.0749. The third kappa shape index (κ3) is 2.71. The van der Waals surface area contributed by atoms with E-state index in [2.05, 4.69) is 10.1 Å². The highest BCUT2D eigenvalue weighted by Gasteiger charge is 2.38. The van der Waals surface area contributed by atoms with E-state index in [0.29, 0.717) is 6.42 Å². The van der Waals surface area contributed by atoms with Gasteiger partial charge in [-0.25, -0.2) is 13.1 Å². The van der Waals surface area contributed by atoms with Crippen LogP contribution < -0.4 is 0 Å². The number of aryl methyl sites for hydroxylation is 1. The Hall–Kier alpha value is -1.12. The molecule has 0 aromatic carbocycles. The Morgan fingerprint density at radius 3 is 2.31 bits per heavy atom. The third-order valence-corrected chi connectivity index (χ3v) is 2.62. The summed E-state index contributed by atoms with van der Waals surface area (Å²) in [6, 6.07) is 0. The first-order valence-electron chi connectivity index (χ1n) is 4.38. The Morgan fingerprint density at radius 2 is 1.94 bits per heavy atom. The molecular formula is C7H10F3N3O2S. The van der Waals surface area contributed by atoms with Crippen LogP contribution in [0.5, 0.6) is 0 Å². The lowest BCUT2D eigenvalue weighted by Crippen LogP contribution is -2.10. The number of rotatable bonds is 3. The average molecular weight is 257 g/mol. The largest absolute Gasteiger partial charge is 0.453 e. The highest BCUT2D eigenvalue weighted by atomic mass is 32.2. The van der Waals surface area contributed by atoms with E-state index in [1.165, 1.54) is 0 Å². The minimum Gasteiger partial charge on any atom is -0.236 e. The molecule has 0 saturated carbocycles. The molecule has 1 aromatic heterocycles. The van der Waals surface area contributed by atoms with Crippen LogP contribution in [0.3, 0.4) is 0 Å². The topological polar surface area (TPSA) is 64.8 Å². The molecule has 0 N–H and O–H groups in total. The van der Waals surface area contributed by atoms with Gasteiger partial charge < -0.3 is 0 Å². The summed E-state index contributed by atoms with van der Waals surface area (Å²) in [5, 5.41) is 2.49. The first-order valence-corrected chi connectivity index (χ1v) is 6.27. The van der Waals surface area contributed by atoms with E-state index >= 15 is 0 Å². The van der Waals surface area contributed by atoms with Crippen molar-refractivity contribution >= 4 is 9.84 Å². The highest BCUT2D eigenvalue weighted by Crippen LogP contribution is 2.27. The van der Waals surface area contributed by atoms with E-state index in [4.69, 9.17) is 0 Å². The summed E-state index contributed by atoms with van der Waals surface area (Å²) in [5.41, 5.74) is 0. The number of alkyl halides is 3. The van der Waals surface area contributed by atoms with Crippen molar-refractivity contribution in [2.45, 2.75) is 31.2 Å². The van der Waals surface area contributed by atoms with Gasteiger partial charge in [-0.15, -0.1) is 5.10 Å². The summed E-state index contributed by atoms with van der Waals surface area (Å²) in [4.78, 5) is 3.01. The molecule has 1 heterocycles. The summed E-state index contributed by atoms with van der Waals surface area (Å²) in [6.07, 6.45) is -3.48. The Labute approximate surface area is 90.2 Å². The fraction of sp³-hybridized carbons (Fsp3) is 0.714. The van der Waals surface area contributed by atoms with Crippen LogP contribution in [0.2, 0.25) is 0 Å². The molecule has 1 rings (SSSR count). The lowest BCUT2D eigenvalue weighted by molar-refractivity contribution is -0.145. The molecule has 16 heavy (non-hydrogen) atoms. The molecule has 0 unspecified atom stereocenters. The van der Waals surface area contributed by atoms with Crippen molar-refractivity contribution in [1.29, 1.82) is 0 Å². The van der Waals surface area contributed by atoms with Gasteiger partial charge >= 0.3 is 6.18 Å². The van der Waals surface area contributed by atoms with Gasteiger partial charge in [0.2, 0.25) is 15.0 Å². The summed E-state index contributed by atoms with van der Waals surface area (Å²) < 4.78 is 59.9. The fourth-order valence-corrected chi connectivity index (χ4v) is 1.85. The number of hydrogen-bond acceptors (Lipinski definition) is 4. The van der Waals surface area contributed by atoms with Crippen LogP contribution in [0.1, 0.15) is 19.2 Å². The Morgan fingerprint density at radius 1 is 1.38 bits per heavy atom. The fourth-order valence-electron chi connectivity index (χ4n) is 1.08. The van der Waals surface area contributed by atoms with E-state index in [-0.39, 0.29) is 6.54 Å². The van der Waals surface area contributed by atoms with Crippen LogP contribution in [-0.4, -0.2) is 29.4 Å². The normalized spacial score (nSPS) is 13.1. The standard InChI is InChI=1S/C7H10F3N3O2S/c1-3-4-13-6(16(2,14)15)11-5(12-13)7(8,9)10/h3-4H2,1-2H3. The lowest BCUT2D eigenvalue weighted by Gasteiger charge is -2.00. The molecule has 0 aliphatic carbocycles. The first kappa shape index (κ1) is 12.9. The molecule has 0 aliphatic heterocycles. The van der Waals surface area contributed by atoms with Crippen LogP contribution >= 0.6 is 0 Å². The van der Waals surface area contributed by atoms with E-state index in [9.17, 15) is 21.6 Å². The number of sulfone groups is 1. The minimum atomic E-state index is -4.74. The van der Waals surface area contributed by atoms with Crippen LogP contribution in [0.4, 0.5) is 13.2 Å². The number of aromatic nitrogens is 3. The van der Waals surface area contributed by atoms with Gasteiger partial charge in [0, 0.05) is 12.8 Å². The van der Waals surface area contributed by atoms with E-state index in [1.54, 1.807) is 6.92 Å². The van der Waals surface area contributed by atoms with Crippen molar-refractivity contribution in [1.82, 2.24) is 14.8 Å². The van der Waals surface area contributed by atoms with Crippen molar-refractivity contribution in [2.24, 2.45) is 0 Å². The summed E-state index contributed by atoms with van der Waals surface area (Å²) in [6.45, 7) is 1.77. The van der Waals surface area contributed by atoms with Crippen LogP contribution in [0.25, 0.3) is 0 Å². The average Bonchev–Trinajstić information content (AvgIpc) is 2.46. The van der Waals surface area contributed by atoms with Crippen molar-refractivity contribution in [2.75, 3.05) is 6.26 Å². The second-order valence-corrected chi connectivity index (χ2v) is 5.12. The van der Waals surface area contributed by atoms with Crippen LogP contribution in [0, 0.1) is 0 Å². The van der Waals surface area contributed by atoms with Gasteiger partial charge in [0.25, 0.3) is 5.82 Å². The van der Waals surface area contributed by atoms with Crippen LogP contribution in [0.15, 0.2) is 5.16 Å². The zero-order valence-corrected chi connectivity index (χ0v) is 9.43. The first-order chi connectivity index (χ1) is 7.16. The highest BCUT2D eigenvalue weighted by molar-refractivity contribution is 7.90. The van der Waals surface area contributed by atoms with Gasteiger partial charge in [-0.05, 0) is 6.42 Å². The summed E-state index contributed by atoms with van der Waals surface area (Å²) in [5.74, 6) is -1.43. The van der Waals surface area contributed by atoms with E-state index in [0.717, 1.165) is 10.9 Å². The Balaban J connectivity index is 3.32. The molecule has 0 aliphatic rings. The van der Waals surface area contributed by atoms with Crippen molar-refractivity contribution in [3.05, 3.63) is 5.82 Å². The van der Waals surface area contributed by atoms with Gasteiger partial charge in [0.1, 0.15) is 0 Å². The molecule has 0 amide bonds. The SMILES string of the molecule is CCCn1nc(C(F)(F)F)nc1S(C)(=O)=O. The molecule has 9 heteroatoms. The molecule has 5 nitrogen and oxygen atoms in total. The third-order valence-electron chi connectivity index (χ3n) is 1.66. The number of nitrogens with zero attached hydrogens (tertiary/aromatic N) is 3. The molecule has 0 atom stereocenters. The second kappa shape index (κ2) is 4.04. The predicted octanol–water partition coefficient (Wildman–Crippen LogP) is 1.11. The van der Waals surface area contributed by atoms with Gasteiger partial charge in [-0.2, -0.15) is 18.2 Å². The maximum atomic E-state index is 12.3. The van der Waals surface area contributed by atoms with Crippen molar-refractivity contribution in [3.8, 4) is 0 Å². The Kier molecular flexibility index (Phi) is 3.27. The predicted molar refractivity (Wildman–Crippen MR) is 48.4 cm³/mol. The maximum absolute atomic E-state index is 12.3. The Bertz CT molecular complexity index is 478. The van der Waals surface area contributed by atoms with E-state index in [1.807, 2.05) is 0 Å². The molecule has 0 radical (unpaired) electrons. The summed E-state index contributed by atoms with van der Waals surface area (Å²) >= 11 is 0. The summed E-state index contributed by atoms with van der Waals surface area (Å²) in [7, 11) is -3.81. The van der Waals surface area contributed by atoms with Crippen molar-refractivity contribution < 1.29 is 21.6 Å². The monoisotopic (exact) mass is 257 g/mol. The lowest BCUT2D eigenvalue weighted by atomic mass is 10.5. The van der Waals surface area contributed by atoms with Gasteiger partial charge in [-0.1, -0.05) is 6.92 Å². The van der Waals surface area contributed by atoms with Crippen molar-refractivity contribution in [3.63, 3.8) is 0 Å². The molecule has 0 bridgehead atoms. The molecule has 0 fully saturated rings. The molecular weight excluding hydrogens is 247 g/mol. The second-order valence-electron chi connectivity index (χ2n) is 3.21. The molecule has 1 aromatic rings. The smallest absolute Gasteiger partial charge is 0.236 e. The number of hydrogen-bond donors (Lipinski definition) is 0.